The van der Waals surface area contributed by atoms with Gasteiger partial charge in [-0.1, -0.05) is 25.0 Å². The second-order valence-corrected chi connectivity index (χ2v) is 6.51. The first-order valence-electron chi connectivity index (χ1n) is 8.38. The number of nitrogens with zero attached hydrogens (tertiary/aromatic N) is 3. The number of non-ortho nitro benzene ring substituents is 1. The van der Waals surface area contributed by atoms with Crippen LogP contribution in [-0.4, -0.2) is 46.8 Å². The molecule has 2 aliphatic rings. The van der Waals surface area contributed by atoms with Crippen LogP contribution in [0.25, 0.3) is 0 Å². The van der Waals surface area contributed by atoms with Crippen LogP contribution in [0.5, 0.6) is 0 Å². The summed E-state index contributed by atoms with van der Waals surface area (Å²) in [6.45, 7) is 3.91. The van der Waals surface area contributed by atoms with Gasteiger partial charge in [0.2, 0.25) is 5.91 Å². The second-order valence-electron chi connectivity index (χ2n) is 6.51. The molecule has 0 unspecified atom stereocenters. The predicted molar refractivity (Wildman–Crippen MR) is 86.9 cm³/mol. The van der Waals surface area contributed by atoms with E-state index < -0.39 is 0 Å². The van der Waals surface area contributed by atoms with E-state index in [1.165, 1.54) is 18.9 Å². The highest BCUT2D eigenvalue weighted by molar-refractivity contribution is 5.79. The third-order valence-electron chi connectivity index (χ3n) is 4.92. The molecule has 124 valence electrons. The molecule has 6 nitrogen and oxygen atoms in total. The molecule has 0 radical (unpaired) electrons. The number of hydrogen-bond donors (Lipinski definition) is 0. The van der Waals surface area contributed by atoms with Gasteiger partial charge in [0, 0.05) is 50.8 Å². The third kappa shape index (κ3) is 3.88. The van der Waals surface area contributed by atoms with E-state index in [0.29, 0.717) is 12.5 Å². The van der Waals surface area contributed by atoms with Gasteiger partial charge in [0.05, 0.1) is 4.92 Å². The molecule has 6 heteroatoms. The van der Waals surface area contributed by atoms with Crippen molar-refractivity contribution in [3.8, 4) is 0 Å². The molecule has 1 heterocycles. The molecular formula is C17H23N3O3. The van der Waals surface area contributed by atoms with Crippen LogP contribution < -0.4 is 0 Å². The highest BCUT2D eigenvalue weighted by atomic mass is 16.6. The van der Waals surface area contributed by atoms with Gasteiger partial charge >= 0.3 is 0 Å². The third-order valence-corrected chi connectivity index (χ3v) is 4.92. The van der Waals surface area contributed by atoms with Gasteiger partial charge in [-0.15, -0.1) is 0 Å². The Morgan fingerprint density at radius 3 is 2.52 bits per heavy atom. The fourth-order valence-corrected chi connectivity index (χ4v) is 3.58. The van der Waals surface area contributed by atoms with Crippen LogP contribution in [0.3, 0.4) is 0 Å². The molecule has 1 aliphatic heterocycles. The van der Waals surface area contributed by atoms with Crippen molar-refractivity contribution in [3.63, 3.8) is 0 Å². The Morgan fingerprint density at radius 1 is 1.17 bits per heavy atom. The number of carbonyl (C=O) groups excluding carboxylic acids is 1. The Labute approximate surface area is 136 Å². The van der Waals surface area contributed by atoms with Gasteiger partial charge in [0.1, 0.15) is 0 Å². The van der Waals surface area contributed by atoms with Crippen LogP contribution in [0.1, 0.15) is 31.2 Å². The molecule has 1 aromatic rings. The van der Waals surface area contributed by atoms with Gasteiger partial charge < -0.3 is 4.90 Å². The molecule has 1 amide bonds. The van der Waals surface area contributed by atoms with Crippen molar-refractivity contribution in [2.75, 3.05) is 26.2 Å². The van der Waals surface area contributed by atoms with E-state index in [0.717, 1.165) is 44.6 Å². The Kier molecular flexibility index (Phi) is 4.91. The van der Waals surface area contributed by atoms with E-state index in [2.05, 4.69) is 4.90 Å². The SMILES string of the molecule is O=C(C1CCCC1)N1CCN(Cc2cccc([N+](=O)[O-])c2)CC1. The zero-order chi connectivity index (χ0) is 16.2. The van der Waals surface area contributed by atoms with Crippen molar-refractivity contribution >= 4 is 11.6 Å². The van der Waals surface area contributed by atoms with E-state index in [1.54, 1.807) is 12.1 Å². The highest BCUT2D eigenvalue weighted by Crippen LogP contribution is 2.27. The lowest BCUT2D eigenvalue weighted by Crippen LogP contribution is -2.49. The average Bonchev–Trinajstić information content (AvgIpc) is 3.09. The first-order chi connectivity index (χ1) is 11.1. The van der Waals surface area contributed by atoms with E-state index in [-0.39, 0.29) is 16.5 Å². The molecule has 2 fully saturated rings. The second kappa shape index (κ2) is 7.08. The maximum atomic E-state index is 12.4. The number of rotatable bonds is 4. The summed E-state index contributed by atoms with van der Waals surface area (Å²) in [5.74, 6) is 0.579. The molecule has 23 heavy (non-hydrogen) atoms. The summed E-state index contributed by atoms with van der Waals surface area (Å²) in [5.41, 5.74) is 1.09. The van der Waals surface area contributed by atoms with Crippen LogP contribution in [0, 0.1) is 16.0 Å². The molecule has 0 N–H and O–H groups in total. The summed E-state index contributed by atoms with van der Waals surface area (Å²) in [4.78, 5) is 27.2. The molecular weight excluding hydrogens is 294 g/mol. The summed E-state index contributed by atoms with van der Waals surface area (Å²) in [6.07, 6.45) is 4.46. The Hall–Kier alpha value is -1.95. The number of benzene rings is 1. The van der Waals surface area contributed by atoms with E-state index in [1.807, 2.05) is 11.0 Å². The van der Waals surface area contributed by atoms with Crippen molar-refractivity contribution in [1.29, 1.82) is 0 Å². The number of piperazine rings is 1. The molecule has 1 saturated carbocycles. The van der Waals surface area contributed by atoms with Crippen LogP contribution in [0.15, 0.2) is 24.3 Å². The van der Waals surface area contributed by atoms with Crippen LogP contribution in [-0.2, 0) is 11.3 Å². The average molecular weight is 317 g/mol. The lowest BCUT2D eigenvalue weighted by atomic mass is 10.1. The number of carbonyl (C=O) groups is 1. The van der Waals surface area contributed by atoms with Gasteiger partial charge in [-0.3, -0.25) is 19.8 Å². The fraction of sp³-hybridized carbons (Fsp3) is 0.588. The van der Waals surface area contributed by atoms with Gasteiger partial charge in [0.15, 0.2) is 0 Å². The zero-order valence-corrected chi connectivity index (χ0v) is 13.3. The highest BCUT2D eigenvalue weighted by Gasteiger charge is 2.29. The minimum atomic E-state index is -0.359. The monoisotopic (exact) mass is 317 g/mol. The van der Waals surface area contributed by atoms with Gasteiger partial charge in [-0.25, -0.2) is 0 Å². The van der Waals surface area contributed by atoms with Crippen LogP contribution in [0.2, 0.25) is 0 Å². The molecule has 0 spiro atoms. The van der Waals surface area contributed by atoms with Gasteiger partial charge in [0.25, 0.3) is 5.69 Å². The number of nitro benzene ring substituents is 1. The van der Waals surface area contributed by atoms with E-state index in [4.69, 9.17) is 0 Å². The summed E-state index contributed by atoms with van der Waals surface area (Å²) in [5, 5.41) is 10.8. The molecule has 0 bridgehead atoms. The van der Waals surface area contributed by atoms with Crippen LogP contribution >= 0.6 is 0 Å². The zero-order valence-electron chi connectivity index (χ0n) is 13.3. The molecule has 0 atom stereocenters. The summed E-state index contributed by atoms with van der Waals surface area (Å²) in [6, 6.07) is 6.80. The summed E-state index contributed by atoms with van der Waals surface area (Å²) >= 11 is 0. The number of nitro groups is 1. The topological polar surface area (TPSA) is 66.7 Å². The first kappa shape index (κ1) is 15.9. The predicted octanol–water partition coefficient (Wildman–Crippen LogP) is 2.43. The molecule has 0 aromatic heterocycles. The van der Waals surface area contributed by atoms with E-state index >= 15 is 0 Å². The lowest BCUT2D eigenvalue weighted by Gasteiger charge is -2.36. The smallest absolute Gasteiger partial charge is 0.269 e. The Balaban J connectivity index is 1.52. The van der Waals surface area contributed by atoms with Crippen molar-refractivity contribution in [2.24, 2.45) is 5.92 Å². The molecule has 1 saturated heterocycles. The normalized spacial score (nSPS) is 19.9. The minimum absolute atomic E-state index is 0.137. The minimum Gasteiger partial charge on any atom is -0.340 e. The van der Waals surface area contributed by atoms with Crippen LogP contribution in [0.4, 0.5) is 5.69 Å². The first-order valence-corrected chi connectivity index (χ1v) is 8.38. The van der Waals surface area contributed by atoms with Crippen molar-refractivity contribution < 1.29 is 9.72 Å². The quantitative estimate of drug-likeness (QED) is 0.632. The van der Waals surface area contributed by atoms with Gasteiger partial charge in [-0.05, 0) is 18.4 Å². The fourth-order valence-electron chi connectivity index (χ4n) is 3.58. The molecule has 3 rings (SSSR count). The van der Waals surface area contributed by atoms with E-state index in [9.17, 15) is 14.9 Å². The van der Waals surface area contributed by atoms with Crippen molar-refractivity contribution in [2.45, 2.75) is 32.2 Å². The Morgan fingerprint density at radius 2 is 1.87 bits per heavy atom. The maximum Gasteiger partial charge on any atom is 0.269 e. The summed E-state index contributed by atoms with van der Waals surface area (Å²) < 4.78 is 0. The van der Waals surface area contributed by atoms with Crippen molar-refractivity contribution in [1.82, 2.24) is 9.80 Å². The molecule has 1 aromatic carbocycles. The Bertz CT molecular complexity index is 576. The van der Waals surface area contributed by atoms with Crippen molar-refractivity contribution in [3.05, 3.63) is 39.9 Å². The molecule has 1 aliphatic carbocycles. The largest absolute Gasteiger partial charge is 0.340 e. The number of hydrogen-bond acceptors (Lipinski definition) is 4. The standard InChI is InChI=1S/C17H23N3O3/c21-17(15-5-1-2-6-15)19-10-8-18(9-11-19)13-14-4-3-7-16(12-14)20(22)23/h3-4,7,12,15H,1-2,5-6,8-11,13H2. The lowest BCUT2D eigenvalue weighted by molar-refractivity contribution is -0.384. The summed E-state index contributed by atoms with van der Waals surface area (Å²) in [7, 11) is 0. The van der Waals surface area contributed by atoms with Gasteiger partial charge in [-0.2, -0.15) is 0 Å². The number of amides is 1. The maximum absolute atomic E-state index is 12.4.